The minimum Gasteiger partial charge on any atom is -0.251 e. The van der Waals surface area contributed by atoms with E-state index < -0.39 is 0 Å². The zero-order valence-electron chi connectivity index (χ0n) is 7.65. The first-order chi connectivity index (χ1) is 5.24. The predicted octanol–water partition coefficient (Wildman–Crippen LogP) is 3.42. The van der Waals surface area contributed by atoms with Crippen molar-refractivity contribution in [2.45, 2.75) is 39.5 Å². The van der Waals surface area contributed by atoms with Crippen LogP contribution in [0.3, 0.4) is 0 Å². The van der Waals surface area contributed by atoms with Crippen LogP contribution in [0.5, 0.6) is 0 Å². The monoisotopic (exact) mass is 158 g/mol. The van der Waals surface area contributed by atoms with Gasteiger partial charge in [-0.15, -0.1) is 0 Å². The van der Waals surface area contributed by atoms with Gasteiger partial charge < -0.3 is 0 Å². The molecular weight excluding hydrogens is 139 g/mol. The van der Waals surface area contributed by atoms with Crippen molar-refractivity contribution < 1.29 is 4.39 Å². The smallest absolute Gasteiger partial charge is 0.0922 e. The van der Waals surface area contributed by atoms with Crippen LogP contribution in [-0.2, 0) is 0 Å². The minimum atomic E-state index is -0.126. The van der Waals surface area contributed by atoms with Gasteiger partial charge >= 0.3 is 0 Å². The molecule has 1 saturated carbocycles. The highest BCUT2D eigenvalue weighted by atomic mass is 19.1. The highest BCUT2D eigenvalue weighted by Gasteiger charge is 2.22. The first-order valence-corrected chi connectivity index (χ1v) is 4.80. The largest absolute Gasteiger partial charge is 0.251 e. The van der Waals surface area contributed by atoms with Gasteiger partial charge in [0.25, 0.3) is 0 Å². The normalized spacial score (nSPS) is 35.2. The second-order valence-corrected chi connectivity index (χ2v) is 4.15. The standard InChI is InChI=1S/C10H19F/c1-8-3-5-10(6-4-8)9(2)7-11/h8-10H,3-7H2,1-2H3. The molecule has 0 nitrogen and oxygen atoms in total. The molecular formula is C10H19F. The molecule has 0 aromatic carbocycles. The zero-order chi connectivity index (χ0) is 8.27. The van der Waals surface area contributed by atoms with E-state index in [4.69, 9.17) is 0 Å². The first kappa shape index (κ1) is 9.02. The fourth-order valence-electron chi connectivity index (χ4n) is 1.98. The number of halogens is 1. The Bertz CT molecular complexity index is 103. The quantitative estimate of drug-likeness (QED) is 0.577. The summed E-state index contributed by atoms with van der Waals surface area (Å²) in [5.41, 5.74) is 0. The number of rotatable bonds is 2. The van der Waals surface area contributed by atoms with Crippen LogP contribution in [0.4, 0.5) is 4.39 Å². The van der Waals surface area contributed by atoms with Crippen molar-refractivity contribution in [2.75, 3.05) is 6.67 Å². The summed E-state index contributed by atoms with van der Waals surface area (Å²) in [4.78, 5) is 0. The second kappa shape index (κ2) is 4.08. The molecule has 1 heteroatoms. The first-order valence-electron chi connectivity index (χ1n) is 4.80. The highest BCUT2D eigenvalue weighted by molar-refractivity contribution is 4.73. The van der Waals surface area contributed by atoms with Crippen LogP contribution in [0.25, 0.3) is 0 Å². The Labute approximate surface area is 69.2 Å². The number of hydrogen-bond donors (Lipinski definition) is 0. The Hall–Kier alpha value is -0.0700. The SMILES string of the molecule is CC1CCC(C(C)CF)CC1. The molecule has 0 amide bonds. The predicted molar refractivity (Wildman–Crippen MR) is 46.3 cm³/mol. The average Bonchev–Trinajstić information content (AvgIpc) is 2.05. The third-order valence-corrected chi connectivity index (χ3v) is 3.11. The minimum absolute atomic E-state index is 0.126. The van der Waals surface area contributed by atoms with Gasteiger partial charge in [0.05, 0.1) is 6.67 Å². The summed E-state index contributed by atoms with van der Waals surface area (Å²) >= 11 is 0. The van der Waals surface area contributed by atoms with Crippen LogP contribution in [0.2, 0.25) is 0 Å². The van der Waals surface area contributed by atoms with Crippen molar-refractivity contribution in [1.82, 2.24) is 0 Å². The summed E-state index contributed by atoms with van der Waals surface area (Å²) in [5.74, 6) is 1.87. The second-order valence-electron chi connectivity index (χ2n) is 4.15. The van der Waals surface area contributed by atoms with E-state index >= 15 is 0 Å². The van der Waals surface area contributed by atoms with Gasteiger partial charge in [-0.2, -0.15) is 0 Å². The van der Waals surface area contributed by atoms with E-state index in [0.717, 1.165) is 5.92 Å². The Morgan fingerprint density at radius 1 is 1.27 bits per heavy atom. The molecule has 1 fully saturated rings. The van der Waals surface area contributed by atoms with Crippen molar-refractivity contribution in [3.63, 3.8) is 0 Å². The molecule has 0 aromatic rings. The van der Waals surface area contributed by atoms with Crippen LogP contribution < -0.4 is 0 Å². The Balaban J connectivity index is 2.27. The van der Waals surface area contributed by atoms with E-state index in [1.54, 1.807) is 0 Å². The molecule has 1 rings (SSSR count). The lowest BCUT2D eigenvalue weighted by molar-refractivity contribution is 0.194. The van der Waals surface area contributed by atoms with Gasteiger partial charge in [0.1, 0.15) is 0 Å². The molecule has 0 spiro atoms. The summed E-state index contributed by atoms with van der Waals surface area (Å²) in [5, 5.41) is 0. The Morgan fingerprint density at radius 2 is 1.82 bits per heavy atom. The van der Waals surface area contributed by atoms with E-state index in [2.05, 4.69) is 6.92 Å². The molecule has 0 aromatic heterocycles. The maximum Gasteiger partial charge on any atom is 0.0922 e. The van der Waals surface area contributed by atoms with E-state index in [-0.39, 0.29) is 6.67 Å². The lowest BCUT2D eigenvalue weighted by Gasteiger charge is -2.29. The van der Waals surface area contributed by atoms with Crippen LogP contribution in [0.15, 0.2) is 0 Å². The van der Waals surface area contributed by atoms with Crippen molar-refractivity contribution in [3.8, 4) is 0 Å². The van der Waals surface area contributed by atoms with Crippen molar-refractivity contribution >= 4 is 0 Å². The van der Waals surface area contributed by atoms with Gasteiger partial charge in [0.15, 0.2) is 0 Å². The number of hydrogen-bond acceptors (Lipinski definition) is 0. The van der Waals surface area contributed by atoms with Gasteiger partial charge in [-0.25, -0.2) is 0 Å². The van der Waals surface area contributed by atoms with E-state index in [1.807, 2.05) is 6.92 Å². The van der Waals surface area contributed by atoms with Gasteiger partial charge in [-0.05, 0) is 30.6 Å². The van der Waals surface area contributed by atoms with Crippen LogP contribution in [0.1, 0.15) is 39.5 Å². The molecule has 66 valence electrons. The number of alkyl halides is 1. The maximum absolute atomic E-state index is 12.3. The third-order valence-electron chi connectivity index (χ3n) is 3.11. The average molecular weight is 158 g/mol. The van der Waals surface area contributed by atoms with Crippen LogP contribution in [-0.4, -0.2) is 6.67 Å². The van der Waals surface area contributed by atoms with Gasteiger partial charge in [0.2, 0.25) is 0 Å². The lowest BCUT2D eigenvalue weighted by atomic mass is 9.77. The molecule has 0 saturated heterocycles. The molecule has 1 unspecified atom stereocenters. The summed E-state index contributed by atoms with van der Waals surface area (Å²) < 4.78 is 12.3. The Kier molecular flexibility index (Phi) is 3.35. The van der Waals surface area contributed by atoms with Gasteiger partial charge in [-0.3, -0.25) is 4.39 Å². The van der Waals surface area contributed by atoms with E-state index in [1.165, 1.54) is 25.7 Å². The summed E-state index contributed by atoms with van der Waals surface area (Å²) in [6, 6.07) is 0. The molecule has 1 aliphatic rings. The molecule has 1 atom stereocenters. The molecule has 1 aliphatic carbocycles. The van der Waals surface area contributed by atoms with E-state index in [9.17, 15) is 4.39 Å². The summed E-state index contributed by atoms with van der Waals surface area (Å²) in [6.45, 7) is 4.22. The van der Waals surface area contributed by atoms with Crippen LogP contribution in [0, 0.1) is 17.8 Å². The molecule has 0 N–H and O–H groups in total. The van der Waals surface area contributed by atoms with Gasteiger partial charge in [-0.1, -0.05) is 26.7 Å². The fourth-order valence-corrected chi connectivity index (χ4v) is 1.98. The van der Waals surface area contributed by atoms with Crippen molar-refractivity contribution in [3.05, 3.63) is 0 Å². The topological polar surface area (TPSA) is 0 Å². The Morgan fingerprint density at radius 3 is 2.27 bits per heavy atom. The molecule has 0 bridgehead atoms. The van der Waals surface area contributed by atoms with Crippen molar-refractivity contribution in [1.29, 1.82) is 0 Å². The summed E-state index contributed by atoms with van der Waals surface area (Å²) in [6.07, 6.45) is 5.14. The molecule has 0 heterocycles. The maximum atomic E-state index is 12.3. The highest BCUT2D eigenvalue weighted by Crippen LogP contribution is 2.32. The van der Waals surface area contributed by atoms with Gasteiger partial charge in [0, 0.05) is 0 Å². The van der Waals surface area contributed by atoms with Crippen LogP contribution >= 0.6 is 0 Å². The fraction of sp³-hybridized carbons (Fsp3) is 1.00. The van der Waals surface area contributed by atoms with E-state index in [0.29, 0.717) is 11.8 Å². The molecule has 0 aliphatic heterocycles. The zero-order valence-corrected chi connectivity index (χ0v) is 7.65. The molecule has 11 heavy (non-hydrogen) atoms. The molecule has 0 radical (unpaired) electrons. The lowest BCUT2D eigenvalue weighted by Crippen LogP contribution is -2.19. The third kappa shape index (κ3) is 2.46. The van der Waals surface area contributed by atoms with Crippen molar-refractivity contribution in [2.24, 2.45) is 17.8 Å². The summed E-state index contributed by atoms with van der Waals surface area (Å²) in [7, 11) is 0.